The van der Waals surface area contributed by atoms with E-state index < -0.39 is 11.9 Å². The molecule has 0 aliphatic rings. The van der Waals surface area contributed by atoms with Gasteiger partial charge in [-0.2, -0.15) is 0 Å². The van der Waals surface area contributed by atoms with Gasteiger partial charge in [-0.25, -0.2) is 9.59 Å². The van der Waals surface area contributed by atoms with E-state index in [9.17, 15) is 19.8 Å². The average Bonchev–Trinajstić information content (AvgIpc) is 2.72. The number of carboxylic acids is 2. The third-order valence-corrected chi connectivity index (χ3v) is 5.12. The molecule has 4 nitrogen and oxygen atoms in total. The van der Waals surface area contributed by atoms with Gasteiger partial charge >= 0.3 is 11.9 Å². The van der Waals surface area contributed by atoms with Gasteiger partial charge in [0.05, 0.1) is 11.1 Å². The van der Waals surface area contributed by atoms with Crippen LogP contribution in [0.5, 0.6) is 0 Å². The Morgan fingerprint density at radius 3 is 1.21 bits per heavy atom. The Hall–Kier alpha value is -3.66. The van der Waals surface area contributed by atoms with Crippen LogP contribution in [0.3, 0.4) is 0 Å². The lowest BCUT2D eigenvalue weighted by Gasteiger charge is -2.16. The number of fused-ring (bicyclic) bond motifs is 2. The Kier molecular flexibility index (Phi) is 4.12. The predicted molar refractivity (Wildman–Crippen MR) is 113 cm³/mol. The molecular formula is C24H18O4. The third kappa shape index (κ3) is 2.31. The quantitative estimate of drug-likeness (QED) is 0.288. The largest absolute Gasteiger partial charge is 0.478 e. The van der Waals surface area contributed by atoms with Crippen molar-refractivity contribution in [3.63, 3.8) is 0 Å². The van der Waals surface area contributed by atoms with Crippen molar-refractivity contribution < 1.29 is 19.8 Å². The lowest BCUT2D eigenvalue weighted by molar-refractivity contribution is 0.0688. The van der Waals surface area contributed by atoms with Gasteiger partial charge in [0.25, 0.3) is 0 Å². The summed E-state index contributed by atoms with van der Waals surface area (Å²) >= 11 is 0. The van der Waals surface area contributed by atoms with Crippen LogP contribution in [0.2, 0.25) is 0 Å². The molecule has 28 heavy (non-hydrogen) atoms. The van der Waals surface area contributed by atoms with Crippen LogP contribution >= 0.6 is 0 Å². The van der Waals surface area contributed by atoms with Gasteiger partial charge < -0.3 is 10.2 Å². The maximum Gasteiger partial charge on any atom is 0.336 e. The summed E-state index contributed by atoms with van der Waals surface area (Å²) in [6.45, 7) is 4.00. The van der Waals surface area contributed by atoms with Gasteiger partial charge in [0, 0.05) is 0 Å². The highest BCUT2D eigenvalue weighted by atomic mass is 16.4. The molecule has 0 radical (unpaired) electrons. The van der Waals surface area contributed by atoms with Crippen molar-refractivity contribution in [2.75, 3.05) is 0 Å². The minimum atomic E-state index is -0.959. The number of benzene rings is 5. The molecule has 0 fully saturated rings. The smallest absolute Gasteiger partial charge is 0.336 e. The summed E-state index contributed by atoms with van der Waals surface area (Å²) in [4.78, 5) is 23.3. The molecule has 0 aromatic heterocycles. The van der Waals surface area contributed by atoms with Crippen LogP contribution in [-0.2, 0) is 0 Å². The molecule has 0 atom stereocenters. The van der Waals surface area contributed by atoms with Gasteiger partial charge in [-0.05, 0) is 55.2 Å². The number of aromatic carboxylic acids is 2. The zero-order valence-corrected chi connectivity index (χ0v) is 15.5. The number of carboxylic acid groups (broad SMARTS) is 2. The first kappa shape index (κ1) is 17.7. The molecule has 0 saturated carbocycles. The Morgan fingerprint density at radius 1 is 0.536 bits per heavy atom. The molecule has 0 bridgehead atoms. The molecular weight excluding hydrogens is 352 g/mol. The fraction of sp³-hybridized carbons (Fsp3) is 0.0833. The second-order valence-electron chi connectivity index (χ2n) is 6.39. The predicted octanol–water partition coefficient (Wildman–Crippen LogP) is 6.16. The second-order valence-corrected chi connectivity index (χ2v) is 6.39. The highest BCUT2D eigenvalue weighted by Gasteiger charge is 2.18. The SMILES string of the molecule is CC.O=C(O)c1ccc2c3cccc4c(C(=O)O)ccc(c5cccc1c52)c43. The summed E-state index contributed by atoms with van der Waals surface area (Å²) in [5.74, 6) is -1.92. The molecule has 5 aromatic rings. The molecule has 0 heterocycles. The van der Waals surface area contributed by atoms with Crippen molar-refractivity contribution in [3.05, 3.63) is 71.8 Å². The molecule has 0 amide bonds. The topological polar surface area (TPSA) is 74.6 Å². The molecule has 138 valence electrons. The standard InChI is InChI=1S/C22H12O4.C2H6/c23-21(24)17-9-8-16-12-4-2-6-14-18(22(25)26)10-7-15(20(12)14)11-3-1-5-13(17)19(11)16;1-2/h1-10H,(H,23,24)(H,25,26);1-2H3. The van der Waals surface area contributed by atoms with Crippen molar-refractivity contribution >= 4 is 55.0 Å². The summed E-state index contributed by atoms with van der Waals surface area (Å²) in [6.07, 6.45) is 0. The lowest BCUT2D eigenvalue weighted by Crippen LogP contribution is -2.00. The van der Waals surface area contributed by atoms with Gasteiger partial charge in [-0.1, -0.05) is 62.4 Å². The maximum absolute atomic E-state index is 11.6. The van der Waals surface area contributed by atoms with Crippen LogP contribution in [0.15, 0.2) is 60.7 Å². The molecule has 2 N–H and O–H groups in total. The molecule has 0 unspecified atom stereocenters. The van der Waals surface area contributed by atoms with Crippen molar-refractivity contribution in [2.24, 2.45) is 0 Å². The monoisotopic (exact) mass is 370 g/mol. The molecule has 5 aromatic carbocycles. The van der Waals surface area contributed by atoms with Crippen LogP contribution in [-0.4, -0.2) is 22.2 Å². The van der Waals surface area contributed by atoms with Crippen molar-refractivity contribution in [2.45, 2.75) is 13.8 Å². The molecule has 5 rings (SSSR count). The Bertz CT molecular complexity index is 1250. The minimum absolute atomic E-state index is 0.267. The van der Waals surface area contributed by atoms with Crippen LogP contribution < -0.4 is 0 Å². The summed E-state index contributed by atoms with van der Waals surface area (Å²) in [7, 11) is 0. The van der Waals surface area contributed by atoms with Crippen molar-refractivity contribution in [3.8, 4) is 0 Å². The molecule has 4 heteroatoms. The summed E-state index contributed by atoms with van der Waals surface area (Å²) < 4.78 is 0. The Balaban J connectivity index is 0.000000932. The van der Waals surface area contributed by atoms with Crippen molar-refractivity contribution in [1.29, 1.82) is 0 Å². The summed E-state index contributed by atoms with van der Waals surface area (Å²) in [5, 5.41) is 26.0. The normalized spacial score (nSPS) is 11.1. The first-order valence-corrected chi connectivity index (χ1v) is 9.16. The lowest BCUT2D eigenvalue weighted by atomic mass is 9.87. The zero-order valence-electron chi connectivity index (χ0n) is 15.5. The Labute approximate surface area is 161 Å². The summed E-state index contributed by atoms with van der Waals surface area (Å²) in [5.41, 5.74) is 0.534. The second kappa shape index (κ2) is 6.50. The highest BCUT2D eigenvalue weighted by Crippen LogP contribution is 2.41. The zero-order chi connectivity index (χ0) is 20.0. The maximum atomic E-state index is 11.6. The van der Waals surface area contributed by atoms with E-state index in [0.717, 1.165) is 32.3 Å². The van der Waals surface area contributed by atoms with E-state index in [2.05, 4.69) is 0 Å². The highest BCUT2D eigenvalue weighted by molar-refractivity contribution is 6.35. The van der Waals surface area contributed by atoms with E-state index in [1.54, 1.807) is 12.1 Å². The minimum Gasteiger partial charge on any atom is -0.478 e. The van der Waals surface area contributed by atoms with E-state index in [1.807, 2.05) is 62.4 Å². The first-order valence-electron chi connectivity index (χ1n) is 9.16. The average molecular weight is 370 g/mol. The fourth-order valence-corrected chi connectivity index (χ4v) is 4.08. The van der Waals surface area contributed by atoms with Crippen LogP contribution in [0.25, 0.3) is 43.1 Å². The van der Waals surface area contributed by atoms with Crippen LogP contribution in [0, 0.1) is 0 Å². The van der Waals surface area contributed by atoms with Crippen LogP contribution in [0.4, 0.5) is 0 Å². The summed E-state index contributed by atoms with van der Waals surface area (Å²) in [6, 6.07) is 18.1. The number of rotatable bonds is 2. The number of hydrogen-bond donors (Lipinski definition) is 2. The third-order valence-electron chi connectivity index (χ3n) is 5.12. The molecule has 0 aliphatic carbocycles. The molecule has 0 saturated heterocycles. The fourth-order valence-electron chi connectivity index (χ4n) is 4.08. The van der Waals surface area contributed by atoms with Gasteiger partial charge in [0.15, 0.2) is 0 Å². The van der Waals surface area contributed by atoms with E-state index >= 15 is 0 Å². The van der Waals surface area contributed by atoms with E-state index in [1.165, 1.54) is 0 Å². The van der Waals surface area contributed by atoms with E-state index in [4.69, 9.17) is 0 Å². The molecule has 0 aliphatic heterocycles. The molecule has 0 spiro atoms. The first-order chi connectivity index (χ1) is 13.6. The number of carbonyl (C=O) groups is 2. The van der Waals surface area contributed by atoms with Gasteiger partial charge in [0.1, 0.15) is 0 Å². The van der Waals surface area contributed by atoms with Crippen LogP contribution in [0.1, 0.15) is 34.6 Å². The van der Waals surface area contributed by atoms with Gasteiger partial charge in [-0.3, -0.25) is 0 Å². The van der Waals surface area contributed by atoms with Gasteiger partial charge in [0.2, 0.25) is 0 Å². The van der Waals surface area contributed by atoms with Crippen molar-refractivity contribution in [1.82, 2.24) is 0 Å². The Morgan fingerprint density at radius 2 is 0.857 bits per heavy atom. The van der Waals surface area contributed by atoms with E-state index in [-0.39, 0.29) is 11.1 Å². The van der Waals surface area contributed by atoms with E-state index in [0.29, 0.717) is 10.8 Å². The van der Waals surface area contributed by atoms with Gasteiger partial charge in [-0.15, -0.1) is 0 Å². The number of hydrogen-bond acceptors (Lipinski definition) is 2.